The Morgan fingerprint density at radius 3 is 2.44 bits per heavy atom. The van der Waals surface area contributed by atoms with Crippen LogP contribution in [0.15, 0.2) is 35.9 Å². The molecule has 172 valence electrons. The topological polar surface area (TPSA) is 46.6 Å². The number of fused-ring (bicyclic) bond motifs is 5. The number of benzene rings is 1. The summed E-state index contributed by atoms with van der Waals surface area (Å²) in [6.07, 6.45) is 10.4. The lowest BCUT2D eigenvalue weighted by molar-refractivity contribution is -0.118. The van der Waals surface area contributed by atoms with Gasteiger partial charge in [0.1, 0.15) is 6.10 Å². The average Bonchev–Trinajstić information content (AvgIpc) is 3.10. The van der Waals surface area contributed by atoms with Crippen LogP contribution in [0.5, 0.6) is 0 Å². The van der Waals surface area contributed by atoms with E-state index in [9.17, 15) is 9.59 Å². The third kappa shape index (κ3) is 3.33. The summed E-state index contributed by atoms with van der Waals surface area (Å²) in [6, 6.07) is 7.71. The lowest BCUT2D eigenvalue weighted by atomic mass is 9.47. The maximum atomic E-state index is 13.0. The van der Waals surface area contributed by atoms with Crippen molar-refractivity contribution in [2.75, 3.05) is 19.0 Å². The van der Waals surface area contributed by atoms with E-state index in [4.69, 9.17) is 4.74 Å². The summed E-state index contributed by atoms with van der Waals surface area (Å²) in [7, 11) is 4.00. The van der Waals surface area contributed by atoms with Crippen LogP contribution in [-0.2, 0) is 9.53 Å². The third-order valence-corrected chi connectivity index (χ3v) is 9.74. The van der Waals surface area contributed by atoms with Gasteiger partial charge in [0.05, 0.1) is 5.56 Å². The molecule has 32 heavy (non-hydrogen) atoms. The van der Waals surface area contributed by atoms with Crippen LogP contribution >= 0.6 is 0 Å². The fraction of sp³-hybridized carbons (Fsp3) is 0.643. The fourth-order valence-electron chi connectivity index (χ4n) is 7.80. The molecule has 1 unspecified atom stereocenters. The Morgan fingerprint density at radius 2 is 1.72 bits per heavy atom. The minimum Gasteiger partial charge on any atom is -0.458 e. The number of allylic oxidation sites excluding steroid dienone is 1. The van der Waals surface area contributed by atoms with Gasteiger partial charge in [-0.15, -0.1) is 0 Å². The molecule has 3 fully saturated rings. The van der Waals surface area contributed by atoms with Crippen LogP contribution in [0.25, 0.3) is 0 Å². The van der Waals surface area contributed by atoms with Gasteiger partial charge in [0, 0.05) is 31.6 Å². The minimum absolute atomic E-state index is 0.00662. The normalized spacial score (nSPS) is 38.2. The molecule has 0 saturated heterocycles. The first-order valence-electron chi connectivity index (χ1n) is 12.4. The molecule has 4 heteroatoms. The molecule has 3 saturated carbocycles. The summed E-state index contributed by atoms with van der Waals surface area (Å²) in [4.78, 5) is 27.0. The molecule has 0 radical (unpaired) electrons. The van der Waals surface area contributed by atoms with Gasteiger partial charge < -0.3 is 9.64 Å². The van der Waals surface area contributed by atoms with Gasteiger partial charge in [0.2, 0.25) is 0 Å². The van der Waals surface area contributed by atoms with Gasteiger partial charge in [-0.3, -0.25) is 4.79 Å². The number of carbonyl (C=O) groups excluding carboxylic acids is 2. The molecule has 1 aromatic rings. The van der Waals surface area contributed by atoms with Crippen LogP contribution in [0.4, 0.5) is 5.69 Å². The number of carbonyl (C=O) groups is 2. The zero-order valence-electron chi connectivity index (χ0n) is 20.0. The van der Waals surface area contributed by atoms with E-state index in [-0.39, 0.29) is 22.9 Å². The quantitative estimate of drug-likeness (QED) is 0.562. The van der Waals surface area contributed by atoms with E-state index in [1.165, 1.54) is 18.4 Å². The Morgan fingerprint density at radius 1 is 0.969 bits per heavy atom. The van der Waals surface area contributed by atoms with E-state index in [2.05, 4.69) is 13.8 Å². The largest absolute Gasteiger partial charge is 0.458 e. The number of ketones is 1. The molecule has 5 rings (SSSR count). The number of anilines is 1. The van der Waals surface area contributed by atoms with Gasteiger partial charge in [-0.1, -0.05) is 19.4 Å². The molecule has 4 nitrogen and oxygen atoms in total. The van der Waals surface area contributed by atoms with Crippen LogP contribution in [-0.4, -0.2) is 32.0 Å². The Balaban J connectivity index is 1.32. The van der Waals surface area contributed by atoms with Crippen LogP contribution in [0.1, 0.15) is 75.6 Å². The van der Waals surface area contributed by atoms with Crippen LogP contribution in [0.3, 0.4) is 0 Å². The third-order valence-electron chi connectivity index (χ3n) is 9.74. The monoisotopic (exact) mass is 435 g/mol. The second-order valence-corrected chi connectivity index (χ2v) is 11.4. The van der Waals surface area contributed by atoms with Crippen molar-refractivity contribution in [3.8, 4) is 0 Å². The zero-order valence-corrected chi connectivity index (χ0v) is 20.0. The van der Waals surface area contributed by atoms with Crippen LogP contribution in [0, 0.1) is 28.6 Å². The molecule has 0 aromatic heterocycles. The maximum absolute atomic E-state index is 13.0. The first-order chi connectivity index (χ1) is 15.2. The molecule has 1 aromatic carbocycles. The molecular formula is C28H37NO3. The minimum atomic E-state index is -0.184. The molecule has 0 N–H and O–H groups in total. The Bertz CT molecular complexity index is 948. The van der Waals surface area contributed by atoms with Gasteiger partial charge in [-0.2, -0.15) is 0 Å². The van der Waals surface area contributed by atoms with E-state index < -0.39 is 0 Å². The van der Waals surface area contributed by atoms with Gasteiger partial charge in [-0.25, -0.2) is 4.79 Å². The molecule has 6 atom stereocenters. The van der Waals surface area contributed by atoms with Crippen molar-refractivity contribution in [1.29, 1.82) is 0 Å². The summed E-state index contributed by atoms with van der Waals surface area (Å²) in [5.74, 6) is 2.11. The summed E-state index contributed by atoms with van der Waals surface area (Å²) >= 11 is 0. The molecule has 0 aliphatic heterocycles. The van der Waals surface area contributed by atoms with Crippen molar-refractivity contribution < 1.29 is 14.3 Å². The summed E-state index contributed by atoms with van der Waals surface area (Å²) in [5, 5.41) is 0. The van der Waals surface area contributed by atoms with Gasteiger partial charge in [0.15, 0.2) is 5.78 Å². The van der Waals surface area contributed by atoms with E-state index >= 15 is 0 Å². The van der Waals surface area contributed by atoms with E-state index in [1.807, 2.05) is 49.3 Å². The predicted molar refractivity (Wildman–Crippen MR) is 127 cm³/mol. The number of hydrogen-bond acceptors (Lipinski definition) is 4. The standard InChI is InChI=1S/C28H37NO3/c1-27-15-13-21(30)17-19(27)7-10-22-23-11-12-25(28(23,2)16-14-24(22)27)32-26(31)18-5-8-20(9-6-18)29(3)4/h5-6,8-9,17,22-25H,7,10-16H2,1-4H3/t22-,23-,24+,25?,27-,28-/m0/s1. The van der Waals surface area contributed by atoms with Gasteiger partial charge >= 0.3 is 5.97 Å². The highest BCUT2D eigenvalue weighted by atomic mass is 16.5. The van der Waals surface area contributed by atoms with Crippen LogP contribution < -0.4 is 4.90 Å². The fourth-order valence-corrected chi connectivity index (χ4v) is 7.80. The molecular weight excluding hydrogens is 398 g/mol. The summed E-state index contributed by atoms with van der Waals surface area (Å²) in [5.41, 5.74) is 3.41. The summed E-state index contributed by atoms with van der Waals surface area (Å²) in [6.45, 7) is 4.81. The Kier molecular flexibility index (Phi) is 5.26. The number of hydrogen-bond donors (Lipinski definition) is 0. The first kappa shape index (κ1) is 21.7. The SMILES string of the molecule is CN(C)c1ccc(C(=O)OC2CC[C@H]3[C@@H]4CCC5=CC(=O)CC[C@]5(C)[C@@H]4CC[C@]23C)cc1. The predicted octanol–water partition coefficient (Wildman–Crippen LogP) is 5.81. The van der Waals surface area contributed by atoms with Crippen molar-refractivity contribution in [1.82, 2.24) is 0 Å². The number of rotatable bonds is 3. The van der Waals surface area contributed by atoms with Crippen molar-refractivity contribution in [2.24, 2.45) is 28.6 Å². The maximum Gasteiger partial charge on any atom is 0.338 e. The number of nitrogens with zero attached hydrogens (tertiary/aromatic N) is 1. The first-order valence-corrected chi connectivity index (χ1v) is 12.4. The Labute approximate surface area is 192 Å². The summed E-state index contributed by atoms with van der Waals surface area (Å²) < 4.78 is 6.19. The van der Waals surface area contributed by atoms with Crippen molar-refractivity contribution in [2.45, 2.75) is 71.3 Å². The second kappa shape index (κ2) is 7.74. The van der Waals surface area contributed by atoms with Gasteiger partial charge in [0.25, 0.3) is 0 Å². The highest BCUT2D eigenvalue weighted by Crippen LogP contribution is 2.65. The second-order valence-electron chi connectivity index (χ2n) is 11.4. The van der Waals surface area contributed by atoms with Gasteiger partial charge in [-0.05, 0) is 98.5 Å². The molecule has 0 bridgehead atoms. The number of ether oxygens (including phenoxy) is 1. The van der Waals surface area contributed by atoms with E-state index in [0.29, 0.717) is 35.5 Å². The molecule has 4 aliphatic rings. The smallest absolute Gasteiger partial charge is 0.338 e. The van der Waals surface area contributed by atoms with E-state index in [0.717, 1.165) is 37.8 Å². The lowest BCUT2D eigenvalue weighted by Crippen LogP contribution is -2.51. The molecule has 0 heterocycles. The van der Waals surface area contributed by atoms with Crippen molar-refractivity contribution in [3.05, 3.63) is 41.5 Å². The number of esters is 1. The highest BCUT2D eigenvalue weighted by molar-refractivity contribution is 5.91. The Hall–Kier alpha value is -2.10. The van der Waals surface area contributed by atoms with Crippen molar-refractivity contribution in [3.63, 3.8) is 0 Å². The highest BCUT2D eigenvalue weighted by Gasteiger charge is 2.60. The molecule has 0 spiro atoms. The van der Waals surface area contributed by atoms with Crippen molar-refractivity contribution >= 4 is 17.4 Å². The molecule has 4 aliphatic carbocycles. The zero-order chi connectivity index (χ0) is 22.7. The molecule has 0 amide bonds. The average molecular weight is 436 g/mol. The lowest BCUT2D eigenvalue weighted by Gasteiger charge is -2.57. The van der Waals surface area contributed by atoms with Crippen LogP contribution in [0.2, 0.25) is 0 Å². The van der Waals surface area contributed by atoms with E-state index in [1.54, 1.807) is 0 Å².